The molecular formula is C20H19NO4. The molecule has 5 nitrogen and oxygen atoms in total. The van der Waals surface area contributed by atoms with Gasteiger partial charge in [0.1, 0.15) is 12.9 Å². The number of hydrogen-bond donors (Lipinski definition) is 1. The van der Waals surface area contributed by atoms with Crippen molar-refractivity contribution in [1.82, 2.24) is 5.32 Å². The molecule has 0 bridgehead atoms. The Hall–Kier alpha value is -3.21. The lowest BCUT2D eigenvalue weighted by Crippen LogP contribution is -2.22. The Balaban J connectivity index is 1.62. The van der Waals surface area contributed by atoms with Gasteiger partial charge in [-0.05, 0) is 29.3 Å². The van der Waals surface area contributed by atoms with E-state index in [0.29, 0.717) is 30.2 Å². The number of amides is 1. The lowest BCUT2D eigenvalue weighted by atomic mass is 10.2. The lowest BCUT2D eigenvalue weighted by Gasteiger charge is -2.12. The van der Waals surface area contributed by atoms with Gasteiger partial charge in [0.05, 0.1) is 18.9 Å². The first-order chi connectivity index (χ1) is 12.3. The molecular weight excluding hydrogens is 318 g/mol. The van der Waals surface area contributed by atoms with Crippen LogP contribution in [0.15, 0.2) is 71.5 Å². The zero-order valence-electron chi connectivity index (χ0n) is 13.9. The minimum absolute atomic E-state index is 0.183. The molecule has 2 aromatic carbocycles. The van der Waals surface area contributed by atoms with Crippen LogP contribution in [0.1, 0.15) is 21.5 Å². The molecule has 1 aromatic heterocycles. The Kier molecular flexibility index (Phi) is 5.36. The van der Waals surface area contributed by atoms with Crippen molar-refractivity contribution < 1.29 is 18.7 Å². The van der Waals surface area contributed by atoms with E-state index in [4.69, 9.17) is 13.9 Å². The van der Waals surface area contributed by atoms with Crippen molar-refractivity contribution in [3.8, 4) is 11.5 Å². The third-order valence-electron chi connectivity index (χ3n) is 3.70. The first kappa shape index (κ1) is 16.6. The average Bonchev–Trinajstić information content (AvgIpc) is 3.20. The van der Waals surface area contributed by atoms with E-state index in [1.807, 2.05) is 48.5 Å². The van der Waals surface area contributed by atoms with Crippen molar-refractivity contribution in [2.45, 2.75) is 13.2 Å². The van der Waals surface area contributed by atoms with E-state index < -0.39 is 0 Å². The van der Waals surface area contributed by atoms with Crippen molar-refractivity contribution >= 4 is 5.91 Å². The summed E-state index contributed by atoms with van der Waals surface area (Å²) in [6.45, 7) is 0.854. The van der Waals surface area contributed by atoms with Crippen LogP contribution in [0.4, 0.5) is 0 Å². The Morgan fingerprint density at radius 3 is 2.60 bits per heavy atom. The van der Waals surface area contributed by atoms with Gasteiger partial charge in [0.15, 0.2) is 11.5 Å². The van der Waals surface area contributed by atoms with Crippen LogP contribution in [0.2, 0.25) is 0 Å². The van der Waals surface area contributed by atoms with Gasteiger partial charge in [0.2, 0.25) is 0 Å². The van der Waals surface area contributed by atoms with E-state index in [9.17, 15) is 4.79 Å². The van der Waals surface area contributed by atoms with Crippen LogP contribution in [0.5, 0.6) is 11.5 Å². The molecule has 3 aromatic rings. The molecule has 1 heterocycles. The van der Waals surface area contributed by atoms with E-state index >= 15 is 0 Å². The van der Waals surface area contributed by atoms with E-state index in [1.54, 1.807) is 13.2 Å². The largest absolute Gasteiger partial charge is 0.493 e. The molecule has 0 radical (unpaired) electrons. The highest BCUT2D eigenvalue weighted by atomic mass is 16.5. The molecule has 0 spiro atoms. The predicted octanol–water partition coefficient (Wildman–Crippen LogP) is 3.80. The maximum absolute atomic E-state index is 11.9. The monoisotopic (exact) mass is 337 g/mol. The van der Waals surface area contributed by atoms with Gasteiger partial charge in [-0.3, -0.25) is 4.79 Å². The molecule has 1 amide bonds. The molecule has 128 valence electrons. The van der Waals surface area contributed by atoms with Crippen LogP contribution in [0.3, 0.4) is 0 Å². The second-order valence-electron chi connectivity index (χ2n) is 5.45. The number of hydrogen-bond acceptors (Lipinski definition) is 4. The lowest BCUT2D eigenvalue weighted by molar-refractivity contribution is 0.0950. The molecule has 0 aliphatic rings. The summed E-state index contributed by atoms with van der Waals surface area (Å²) >= 11 is 0. The van der Waals surface area contributed by atoms with Crippen LogP contribution < -0.4 is 14.8 Å². The molecule has 25 heavy (non-hydrogen) atoms. The van der Waals surface area contributed by atoms with Crippen LogP contribution in [0, 0.1) is 0 Å². The van der Waals surface area contributed by atoms with Crippen LogP contribution in [-0.4, -0.2) is 13.0 Å². The third-order valence-corrected chi connectivity index (χ3v) is 3.70. The molecule has 0 atom stereocenters. The Morgan fingerprint density at radius 2 is 1.88 bits per heavy atom. The van der Waals surface area contributed by atoms with Crippen LogP contribution in [0.25, 0.3) is 0 Å². The highest BCUT2D eigenvalue weighted by molar-refractivity contribution is 5.93. The first-order valence-corrected chi connectivity index (χ1v) is 7.90. The molecule has 1 N–H and O–H groups in total. The predicted molar refractivity (Wildman–Crippen MR) is 93.6 cm³/mol. The van der Waals surface area contributed by atoms with Crippen molar-refractivity contribution in [3.63, 3.8) is 0 Å². The second kappa shape index (κ2) is 8.06. The van der Waals surface area contributed by atoms with Gasteiger partial charge in [-0.2, -0.15) is 0 Å². The summed E-state index contributed by atoms with van der Waals surface area (Å²) in [5.74, 6) is 1.11. The van der Waals surface area contributed by atoms with E-state index in [-0.39, 0.29) is 5.91 Å². The fourth-order valence-corrected chi connectivity index (χ4v) is 2.35. The fraction of sp³-hybridized carbons (Fsp3) is 0.150. The zero-order valence-corrected chi connectivity index (χ0v) is 13.9. The number of ether oxygens (including phenoxy) is 2. The fourth-order valence-electron chi connectivity index (χ4n) is 2.35. The Labute approximate surface area is 146 Å². The Morgan fingerprint density at radius 1 is 1.04 bits per heavy atom. The SMILES string of the molecule is COc1cc(CNC(=O)c2ccoc2)ccc1OCc1ccccc1. The van der Waals surface area contributed by atoms with E-state index in [1.165, 1.54) is 12.5 Å². The van der Waals surface area contributed by atoms with Crippen LogP contribution in [-0.2, 0) is 13.2 Å². The summed E-state index contributed by atoms with van der Waals surface area (Å²) < 4.78 is 16.1. The molecule has 0 saturated heterocycles. The van der Waals surface area contributed by atoms with Crippen molar-refractivity contribution in [1.29, 1.82) is 0 Å². The summed E-state index contributed by atoms with van der Waals surface area (Å²) in [6.07, 6.45) is 2.88. The molecule has 0 saturated carbocycles. The normalized spacial score (nSPS) is 10.3. The molecule has 0 unspecified atom stereocenters. The third kappa shape index (κ3) is 4.41. The molecule has 0 aliphatic heterocycles. The van der Waals surface area contributed by atoms with Crippen molar-refractivity contribution in [2.75, 3.05) is 7.11 Å². The van der Waals surface area contributed by atoms with Gasteiger partial charge in [0, 0.05) is 6.54 Å². The highest BCUT2D eigenvalue weighted by Crippen LogP contribution is 2.28. The number of carbonyl (C=O) groups is 1. The number of nitrogens with one attached hydrogen (secondary N) is 1. The minimum Gasteiger partial charge on any atom is -0.493 e. The molecule has 5 heteroatoms. The quantitative estimate of drug-likeness (QED) is 0.712. The zero-order chi connectivity index (χ0) is 17.5. The van der Waals surface area contributed by atoms with Crippen molar-refractivity contribution in [2.24, 2.45) is 0 Å². The van der Waals surface area contributed by atoms with Crippen molar-refractivity contribution in [3.05, 3.63) is 83.8 Å². The number of furan rings is 1. The summed E-state index contributed by atoms with van der Waals surface area (Å²) in [5, 5.41) is 2.83. The van der Waals surface area contributed by atoms with Gasteiger partial charge in [-0.15, -0.1) is 0 Å². The summed E-state index contributed by atoms with van der Waals surface area (Å²) in [7, 11) is 1.60. The number of methoxy groups -OCH3 is 1. The second-order valence-corrected chi connectivity index (χ2v) is 5.45. The average molecular weight is 337 g/mol. The molecule has 0 fully saturated rings. The topological polar surface area (TPSA) is 60.7 Å². The number of benzene rings is 2. The van der Waals surface area contributed by atoms with Gasteiger partial charge in [-0.25, -0.2) is 0 Å². The smallest absolute Gasteiger partial charge is 0.254 e. The van der Waals surface area contributed by atoms with Gasteiger partial charge >= 0.3 is 0 Å². The number of carbonyl (C=O) groups excluding carboxylic acids is 1. The number of rotatable bonds is 7. The van der Waals surface area contributed by atoms with Gasteiger partial charge in [0.25, 0.3) is 5.91 Å². The molecule has 0 aliphatic carbocycles. The van der Waals surface area contributed by atoms with Crippen LogP contribution >= 0.6 is 0 Å². The highest BCUT2D eigenvalue weighted by Gasteiger charge is 2.09. The van der Waals surface area contributed by atoms with E-state index in [0.717, 1.165) is 11.1 Å². The van der Waals surface area contributed by atoms with Gasteiger partial charge < -0.3 is 19.2 Å². The molecule has 3 rings (SSSR count). The van der Waals surface area contributed by atoms with Gasteiger partial charge in [-0.1, -0.05) is 36.4 Å². The Bertz CT molecular complexity index is 813. The minimum atomic E-state index is -0.183. The summed E-state index contributed by atoms with van der Waals surface area (Å²) in [5.41, 5.74) is 2.50. The maximum Gasteiger partial charge on any atom is 0.254 e. The van der Waals surface area contributed by atoms with E-state index in [2.05, 4.69) is 5.32 Å². The summed E-state index contributed by atoms with van der Waals surface area (Å²) in [6, 6.07) is 17.2. The standard InChI is InChI=1S/C20H19NO4/c1-23-19-11-16(12-21-20(22)17-9-10-24-14-17)7-8-18(19)25-13-15-5-3-2-4-6-15/h2-11,14H,12-13H2,1H3,(H,21,22). The summed E-state index contributed by atoms with van der Waals surface area (Å²) in [4.78, 5) is 11.9. The first-order valence-electron chi connectivity index (χ1n) is 7.90. The maximum atomic E-state index is 11.9.